The highest BCUT2D eigenvalue weighted by atomic mass is 32.1. The highest BCUT2D eigenvalue weighted by Gasteiger charge is 2.21. The van der Waals surface area contributed by atoms with Crippen LogP contribution in [0.5, 0.6) is 0 Å². The molecule has 3 nitrogen and oxygen atoms in total. The minimum absolute atomic E-state index is 0.877. The van der Waals surface area contributed by atoms with Crippen molar-refractivity contribution in [3.8, 4) is 44.0 Å². The number of rotatable bonds is 7. The van der Waals surface area contributed by atoms with E-state index in [9.17, 15) is 0 Å². The van der Waals surface area contributed by atoms with E-state index in [0.29, 0.717) is 0 Å². The molecule has 10 aromatic rings. The molecule has 10 rings (SSSR count). The van der Waals surface area contributed by atoms with Crippen molar-refractivity contribution < 1.29 is 4.42 Å². The first-order chi connectivity index (χ1) is 26.3. The van der Waals surface area contributed by atoms with Crippen LogP contribution < -0.4 is 4.90 Å². The highest BCUT2D eigenvalue weighted by molar-refractivity contribution is 7.21. The van der Waals surface area contributed by atoms with Crippen molar-refractivity contribution in [2.24, 2.45) is 0 Å². The summed E-state index contributed by atoms with van der Waals surface area (Å²) >= 11 is 1.71. The minimum Gasteiger partial charge on any atom is -0.456 e. The van der Waals surface area contributed by atoms with Crippen molar-refractivity contribution in [3.63, 3.8) is 0 Å². The van der Waals surface area contributed by atoms with Gasteiger partial charge in [-0.15, -0.1) is 11.3 Å². The monoisotopic (exact) mass is 696 g/mol. The number of hydrogen-bond donors (Lipinski definition) is 0. The summed E-state index contributed by atoms with van der Waals surface area (Å²) in [5, 5.41) is 3.19. The van der Waals surface area contributed by atoms with Crippen molar-refractivity contribution in [2.75, 3.05) is 4.90 Å². The van der Waals surface area contributed by atoms with Crippen LogP contribution in [0, 0.1) is 0 Å². The predicted molar refractivity (Wildman–Crippen MR) is 223 cm³/mol. The molecule has 53 heavy (non-hydrogen) atoms. The van der Waals surface area contributed by atoms with E-state index in [1.165, 1.54) is 22.3 Å². The van der Waals surface area contributed by atoms with Gasteiger partial charge in [0.15, 0.2) is 0 Å². The minimum atomic E-state index is 0.877. The third-order valence-corrected chi connectivity index (χ3v) is 11.0. The molecule has 2 heterocycles. The molecule has 0 saturated heterocycles. The maximum Gasteiger partial charge on any atom is 0.137 e. The Bertz CT molecular complexity index is 2840. The highest BCUT2D eigenvalue weighted by Crippen LogP contribution is 2.45. The Morgan fingerprint density at radius 3 is 1.51 bits per heavy atom. The first-order valence-corrected chi connectivity index (χ1v) is 18.6. The van der Waals surface area contributed by atoms with Crippen molar-refractivity contribution in [3.05, 3.63) is 194 Å². The van der Waals surface area contributed by atoms with Gasteiger partial charge in [-0.3, -0.25) is 0 Å². The molecule has 250 valence electrons. The van der Waals surface area contributed by atoms with E-state index in [0.717, 1.165) is 70.9 Å². The molecule has 0 aliphatic carbocycles. The third-order valence-electron chi connectivity index (χ3n) is 9.93. The molecule has 8 aromatic carbocycles. The Hall–Kier alpha value is -6.75. The van der Waals surface area contributed by atoms with Crippen molar-refractivity contribution in [1.29, 1.82) is 0 Å². The van der Waals surface area contributed by atoms with E-state index >= 15 is 0 Å². The number of aromatic nitrogens is 1. The van der Waals surface area contributed by atoms with Gasteiger partial charge in [-0.25, -0.2) is 4.98 Å². The van der Waals surface area contributed by atoms with Crippen LogP contribution in [-0.2, 0) is 0 Å². The van der Waals surface area contributed by atoms with Crippen LogP contribution in [-0.4, -0.2) is 4.98 Å². The smallest absolute Gasteiger partial charge is 0.137 e. The molecule has 0 fully saturated rings. The quantitative estimate of drug-likeness (QED) is 0.166. The second kappa shape index (κ2) is 13.1. The Morgan fingerprint density at radius 1 is 0.415 bits per heavy atom. The van der Waals surface area contributed by atoms with E-state index in [4.69, 9.17) is 9.40 Å². The lowest BCUT2D eigenvalue weighted by Crippen LogP contribution is -2.09. The van der Waals surface area contributed by atoms with Gasteiger partial charge in [-0.1, -0.05) is 146 Å². The van der Waals surface area contributed by atoms with E-state index in [-0.39, 0.29) is 0 Å². The Kier molecular flexibility index (Phi) is 7.67. The molecule has 0 aliphatic heterocycles. The fraction of sp³-hybridized carbons (Fsp3) is 0. The summed E-state index contributed by atoms with van der Waals surface area (Å²) in [6, 6.07) is 68.5. The van der Waals surface area contributed by atoms with Gasteiger partial charge in [0.05, 0.1) is 10.2 Å². The number of fused-ring (bicyclic) bond motifs is 4. The zero-order valence-corrected chi connectivity index (χ0v) is 29.5. The lowest BCUT2D eigenvalue weighted by Gasteiger charge is -2.26. The van der Waals surface area contributed by atoms with Gasteiger partial charge in [0.2, 0.25) is 0 Å². The fourth-order valence-electron chi connectivity index (χ4n) is 7.35. The van der Waals surface area contributed by atoms with E-state index in [2.05, 4.69) is 181 Å². The number of nitrogens with zero attached hydrogens (tertiary/aromatic N) is 2. The number of anilines is 3. The molecule has 4 heteroatoms. The number of hydrogen-bond acceptors (Lipinski definition) is 4. The average molecular weight is 697 g/mol. The second-order valence-corrected chi connectivity index (χ2v) is 14.2. The van der Waals surface area contributed by atoms with Gasteiger partial charge in [0.1, 0.15) is 16.2 Å². The van der Waals surface area contributed by atoms with Gasteiger partial charge in [0, 0.05) is 45.0 Å². The van der Waals surface area contributed by atoms with Gasteiger partial charge in [-0.2, -0.15) is 0 Å². The summed E-state index contributed by atoms with van der Waals surface area (Å²) in [7, 11) is 0. The number of thiazole rings is 1. The van der Waals surface area contributed by atoms with Crippen LogP contribution >= 0.6 is 11.3 Å². The van der Waals surface area contributed by atoms with Crippen LogP contribution in [0.1, 0.15) is 0 Å². The van der Waals surface area contributed by atoms with Gasteiger partial charge >= 0.3 is 0 Å². The molecule has 0 atom stereocenters. The molecule has 0 saturated carbocycles. The largest absolute Gasteiger partial charge is 0.456 e. The van der Waals surface area contributed by atoms with Crippen LogP contribution in [0.15, 0.2) is 199 Å². The molecule has 0 radical (unpaired) electrons. The lowest BCUT2D eigenvalue weighted by molar-refractivity contribution is 0.669. The Labute approximate surface area is 311 Å². The summed E-state index contributed by atoms with van der Waals surface area (Å²) in [5.74, 6) is 0. The molecule has 0 unspecified atom stereocenters. The zero-order chi connectivity index (χ0) is 35.1. The summed E-state index contributed by atoms with van der Waals surface area (Å²) < 4.78 is 7.56. The fourth-order valence-corrected chi connectivity index (χ4v) is 8.36. The molecule has 0 bridgehead atoms. The lowest BCUT2D eigenvalue weighted by atomic mass is 9.97. The molecule has 0 spiro atoms. The van der Waals surface area contributed by atoms with Crippen LogP contribution in [0.4, 0.5) is 17.1 Å². The first-order valence-electron chi connectivity index (χ1n) is 17.8. The second-order valence-electron chi connectivity index (χ2n) is 13.2. The molecule has 0 aliphatic rings. The number of benzene rings is 8. The first kappa shape index (κ1) is 31.0. The maximum absolute atomic E-state index is 6.45. The zero-order valence-electron chi connectivity index (χ0n) is 28.7. The summed E-state index contributed by atoms with van der Waals surface area (Å²) in [4.78, 5) is 7.58. The molecule has 0 amide bonds. The summed E-state index contributed by atoms with van der Waals surface area (Å²) in [6.07, 6.45) is 0. The van der Waals surface area contributed by atoms with E-state index < -0.39 is 0 Å². The van der Waals surface area contributed by atoms with E-state index in [1.54, 1.807) is 11.3 Å². The van der Waals surface area contributed by atoms with Crippen molar-refractivity contribution >= 4 is 60.6 Å². The standard InChI is InChI=1S/C49H32N2OS/c1-4-12-33(13-5-1)34-20-22-35(23-21-34)36-24-28-40(29-25-36)51(39-16-8-3-9-17-39)41-30-26-37(27-31-41)46-47-42-18-10-11-19-43(42)52-44(47)32-45-48(46)50-49(53-45)38-14-6-2-7-15-38/h1-32H. The van der Waals surface area contributed by atoms with Gasteiger partial charge in [0.25, 0.3) is 0 Å². The van der Waals surface area contributed by atoms with Crippen LogP contribution in [0.2, 0.25) is 0 Å². The molecule has 2 aromatic heterocycles. The maximum atomic E-state index is 6.45. The van der Waals surface area contributed by atoms with Gasteiger partial charge < -0.3 is 9.32 Å². The average Bonchev–Trinajstić information content (AvgIpc) is 3.83. The van der Waals surface area contributed by atoms with Crippen LogP contribution in [0.25, 0.3) is 76.1 Å². The molecular formula is C49H32N2OS. The normalized spacial score (nSPS) is 11.4. The number of furan rings is 1. The molecular weight excluding hydrogens is 665 g/mol. The SMILES string of the molecule is c1ccc(-c2ccc(-c3ccc(N(c4ccccc4)c4ccc(-c5c6nc(-c7ccccc7)sc6cc6oc7ccccc7c56)cc4)cc3)cc2)cc1. The van der Waals surface area contributed by atoms with Crippen LogP contribution in [0.3, 0.4) is 0 Å². The Morgan fingerprint density at radius 2 is 0.887 bits per heavy atom. The Balaban J connectivity index is 1.05. The van der Waals surface area contributed by atoms with Crippen molar-refractivity contribution in [2.45, 2.75) is 0 Å². The number of para-hydroxylation sites is 2. The predicted octanol–water partition coefficient (Wildman–Crippen LogP) is 14.3. The summed E-state index contributed by atoms with van der Waals surface area (Å²) in [5.41, 5.74) is 14.1. The van der Waals surface area contributed by atoms with Crippen molar-refractivity contribution in [1.82, 2.24) is 4.98 Å². The topological polar surface area (TPSA) is 29.3 Å². The molecule has 0 N–H and O–H groups in total. The van der Waals surface area contributed by atoms with E-state index in [1.807, 2.05) is 18.2 Å². The third kappa shape index (κ3) is 5.66. The summed E-state index contributed by atoms with van der Waals surface area (Å²) in [6.45, 7) is 0. The van der Waals surface area contributed by atoms with Gasteiger partial charge in [-0.05, 0) is 70.3 Å².